The summed E-state index contributed by atoms with van der Waals surface area (Å²) in [5.41, 5.74) is 0.860. The summed E-state index contributed by atoms with van der Waals surface area (Å²) in [6.45, 7) is 1.24. The van der Waals surface area contributed by atoms with Crippen LogP contribution >= 0.6 is 0 Å². The van der Waals surface area contributed by atoms with Crippen molar-refractivity contribution in [2.75, 3.05) is 0 Å². The zero-order chi connectivity index (χ0) is 17.4. The van der Waals surface area contributed by atoms with E-state index in [0.717, 1.165) is 0 Å². The SMILES string of the molecule is CC(=O)Oc1cc(O)c2c(c1)O[C@H](c1ccc(O)c(O)c1)[C@@H](O)C2. The topological polar surface area (TPSA) is 116 Å². The van der Waals surface area contributed by atoms with E-state index in [4.69, 9.17) is 9.47 Å². The molecule has 0 saturated heterocycles. The summed E-state index contributed by atoms with van der Waals surface area (Å²) in [4.78, 5) is 11.1. The number of hydrogen-bond donors (Lipinski definition) is 4. The predicted octanol–water partition coefficient (Wildman–Crippen LogP) is 1.77. The quantitative estimate of drug-likeness (QED) is 0.376. The number of aliphatic hydroxyl groups excluding tert-OH is 1. The maximum Gasteiger partial charge on any atom is 0.308 e. The number of carbonyl (C=O) groups excluding carboxylic acids is 1. The van der Waals surface area contributed by atoms with Crippen LogP contribution in [-0.4, -0.2) is 32.5 Å². The second-order valence-electron chi connectivity index (χ2n) is 5.57. The minimum absolute atomic E-state index is 0.119. The summed E-state index contributed by atoms with van der Waals surface area (Å²) in [7, 11) is 0. The van der Waals surface area contributed by atoms with Crippen LogP contribution in [0.3, 0.4) is 0 Å². The van der Waals surface area contributed by atoms with Crippen molar-refractivity contribution in [3.63, 3.8) is 0 Å². The Hall–Kier alpha value is -2.93. The van der Waals surface area contributed by atoms with E-state index in [2.05, 4.69) is 0 Å². The molecule has 1 aliphatic rings. The molecule has 7 heteroatoms. The zero-order valence-electron chi connectivity index (χ0n) is 12.8. The van der Waals surface area contributed by atoms with Crippen LogP contribution in [-0.2, 0) is 11.2 Å². The fraction of sp³-hybridized carbons (Fsp3) is 0.235. The van der Waals surface area contributed by atoms with Gasteiger partial charge >= 0.3 is 5.97 Å². The number of aliphatic hydroxyl groups is 1. The molecule has 7 nitrogen and oxygen atoms in total. The van der Waals surface area contributed by atoms with Crippen LogP contribution in [0.5, 0.6) is 28.7 Å². The molecular weight excluding hydrogens is 316 g/mol. The molecule has 2 aromatic carbocycles. The van der Waals surface area contributed by atoms with Gasteiger partial charge in [0.05, 0.1) is 6.10 Å². The molecule has 0 amide bonds. The third-order valence-electron chi connectivity index (χ3n) is 3.77. The maximum absolute atomic E-state index is 11.1. The highest BCUT2D eigenvalue weighted by molar-refractivity contribution is 5.70. The molecule has 126 valence electrons. The van der Waals surface area contributed by atoms with Crippen molar-refractivity contribution in [3.05, 3.63) is 41.5 Å². The molecule has 24 heavy (non-hydrogen) atoms. The van der Waals surface area contributed by atoms with Gasteiger partial charge in [-0.25, -0.2) is 0 Å². The Morgan fingerprint density at radius 1 is 1.12 bits per heavy atom. The van der Waals surface area contributed by atoms with E-state index in [1.54, 1.807) is 0 Å². The summed E-state index contributed by atoms with van der Waals surface area (Å²) >= 11 is 0. The molecule has 0 aliphatic carbocycles. The molecule has 2 aromatic rings. The number of ether oxygens (including phenoxy) is 2. The molecule has 0 unspecified atom stereocenters. The van der Waals surface area contributed by atoms with Crippen molar-refractivity contribution in [2.45, 2.75) is 25.6 Å². The fourth-order valence-electron chi connectivity index (χ4n) is 2.68. The lowest BCUT2D eigenvalue weighted by Gasteiger charge is -2.31. The molecule has 1 aliphatic heterocycles. The number of carbonyl (C=O) groups is 1. The van der Waals surface area contributed by atoms with Crippen LogP contribution < -0.4 is 9.47 Å². The van der Waals surface area contributed by atoms with Gasteiger partial charge < -0.3 is 29.9 Å². The number of benzene rings is 2. The van der Waals surface area contributed by atoms with Crippen LogP contribution in [0.4, 0.5) is 0 Å². The van der Waals surface area contributed by atoms with Gasteiger partial charge in [0.2, 0.25) is 0 Å². The Labute approximate surface area is 137 Å². The number of hydrogen-bond acceptors (Lipinski definition) is 7. The van der Waals surface area contributed by atoms with Gasteiger partial charge in [-0.2, -0.15) is 0 Å². The number of rotatable bonds is 2. The first-order chi connectivity index (χ1) is 11.3. The van der Waals surface area contributed by atoms with Gasteiger partial charge in [0.15, 0.2) is 11.5 Å². The van der Waals surface area contributed by atoms with E-state index in [1.165, 1.54) is 37.3 Å². The lowest BCUT2D eigenvalue weighted by molar-refractivity contribution is -0.131. The molecule has 2 atom stereocenters. The average molecular weight is 332 g/mol. The average Bonchev–Trinajstić information content (AvgIpc) is 2.50. The molecule has 1 heterocycles. The van der Waals surface area contributed by atoms with Gasteiger partial charge in [0.25, 0.3) is 0 Å². The van der Waals surface area contributed by atoms with Gasteiger partial charge in [0.1, 0.15) is 23.4 Å². The Kier molecular flexibility index (Phi) is 3.94. The largest absolute Gasteiger partial charge is 0.507 e. The summed E-state index contributed by atoms with van der Waals surface area (Å²) in [6.07, 6.45) is -1.66. The minimum Gasteiger partial charge on any atom is -0.507 e. The third kappa shape index (κ3) is 2.93. The number of phenolic OH excluding ortho intramolecular Hbond substituents is 3. The number of aromatic hydroxyl groups is 3. The zero-order valence-corrected chi connectivity index (χ0v) is 12.8. The lowest BCUT2D eigenvalue weighted by atomic mass is 9.94. The molecule has 0 radical (unpaired) electrons. The van der Waals surface area contributed by atoms with E-state index in [1.807, 2.05) is 0 Å². The standard InChI is InChI=1S/C17H16O7/c1-8(18)23-10-5-13(20)11-7-15(22)17(24-16(11)6-10)9-2-3-12(19)14(21)4-9/h2-6,15,17,19-22H,7H2,1H3/t15-,17+/m0/s1. The first kappa shape index (κ1) is 15.9. The second kappa shape index (κ2) is 5.93. The van der Waals surface area contributed by atoms with Crippen molar-refractivity contribution in [2.24, 2.45) is 0 Å². The predicted molar refractivity (Wildman–Crippen MR) is 82.3 cm³/mol. The van der Waals surface area contributed by atoms with Crippen LogP contribution in [0.1, 0.15) is 24.2 Å². The fourth-order valence-corrected chi connectivity index (χ4v) is 2.68. The molecule has 0 spiro atoms. The normalized spacial score (nSPS) is 19.2. The molecule has 4 N–H and O–H groups in total. The Balaban J connectivity index is 1.97. The van der Waals surface area contributed by atoms with Crippen molar-refractivity contribution in [1.29, 1.82) is 0 Å². The number of fused-ring (bicyclic) bond motifs is 1. The highest BCUT2D eigenvalue weighted by Crippen LogP contribution is 2.43. The van der Waals surface area contributed by atoms with E-state index in [9.17, 15) is 25.2 Å². The van der Waals surface area contributed by atoms with Gasteiger partial charge in [-0.1, -0.05) is 6.07 Å². The molecule has 0 fully saturated rings. The Morgan fingerprint density at radius 2 is 1.88 bits per heavy atom. The van der Waals surface area contributed by atoms with Crippen LogP contribution in [0.25, 0.3) is 0 Å². The summed E-state index contributed by atoms with van der Waals surface area (Å²) in [6, 6.07) is 6.84. The van der Waals surface area contributed by atoms with E-state index >= 15 is 0 Å². The van der Waals surface area contributed by atoms with Gasteiger partial charge in [-0.3, -0.25) is 4.79 Å². The molecule has 3 rings (SSSR count). The highest BCUT2D eigenvalue weighted by atomic mass is 16.5. The summed E-state index contributed by atoms with van der Waals surface area (Å²) < 4.78 is 10.7. The van der Waals surface area contributed by atoms with Crippen LogP contribution in [0.2, 0.25) is 0 Å². The highest BCUT2D eigenvalue weighted by Gasteiger charge is 2.32. The smallest absolute Gasteiger partial charge is 0.308 e. The van der Waals surface area contributed by atoms with Crippen LogP contribution in [0, 0.1) is 0 Å². The van der Waals surface area contributed by atoms with Crippen molar-refractivity contribution in [3.8, 4) is 28.7 Å². The Bertz CT molecular complexity index is 800. The monoisotopic (exact) mass is 332 g/mol. The van der Waals surface area contributed by atoms with Crippen LogP contribution in [0.15, 0.2) is 30.3 Å². The van der Waals surface area contributed by atoms with Gasteiger partial charge in [-0.15, -0.1) is 0 Å². The molecular formula is C17H16O7. The van der Waals surface area contributed by atoms with Crippen molar-refractivity contribution < 1.29 is 34.7 Å². The summed E-state index contributed by atoms with van der Waals surface area (Å²) in [5.74, 6) is -0.888. The van der Waals surface area contributed by atoms with Gasteiger partial charge in [0, 0.05) is 31.0 Å². The minimum atomic E-state index is -0.966. The van der Waals surface area contributed by atoms with Crippen molar-refractivity contribution in [1.82, 2.24) is 0 Å². The first-order valence-corrected chi connectivity index (χ1v) is 7.26. The molecule has 0 saturated carbocycles. The second-order valence-corrected chi connectivity index (χ2v) is 5.57. The molecule has 0 bridgehead atoms. The molecule has 0 aromatic heterocycles. The third-order valence-corrected chi connectivity index (χ3v) is 3.77. The lowest BCUT2D eigenvalue weighted by Crippen LogP contribution is -2.30. The van der Waals surface area contributed by atoms with Crippen molar-refractivity contribution >= 4 is 5.97 Å². The van der Waals surface area contributed by atoms with E-state index in [-0.39, 0.29) is 35.2 Å². The Morgan fingerprint density at radius 3 is 2.54 bits per heavy atom. The maximum atomic E-state index is 11.1. The van der Waals surface area contributed by atoms with Gasteiger partial charge in [-0.05, 0) is 17.7 Å². The number of esters is 1. The van der Waals surface area contributed by atoms with E-state index < -0.39 is 18.2 Å². The van der Waals surface area contributed by atoms with E-state index in [0.29, 0.717) is 11.1 Å². The summed E-state index contributed by atoms with van der Waals surface area (Å²) in [5, 5.41) is 39.4. The first-order valence-electron chi connectivity index (χ1n) is 7.26. The number of phenols is 3.